The first-order valence-corrected chi connectivity index (χ1v) is 8.46. The van der Waals surface area contributed by atoms with Crippen LogP contribution in [0, 0.1) is 6.92 Å². The molecule has 3 aromatic rings. The highest BCUT2D eigenvalue weighted by Crippen LogP contribution is 2.19. The summed E-state index contributed by atoms with van der Waals surface area (Å²) in [6.07, 6.45) is 1.64. The average Bonchev–Trinajstić information content (AvgIpc) is 2.62. The summed E-state index contributed by atoms with van der Waals surface area (Å²) in [6, 6.07) is 18.8. The Morgan fingerprint density at radius 1 is 1.00 bits per heavy atom. The van der Waals surface area contributed by atoms with Crippen molar-refractivity contribution in [3.63, 3.8) is 0 Å². The fraction of sp³-hybridized carbons (Fsp3) is 0.250. The Bertz CT molecular complexity index is 800. The molecule has 25 heavy (non-hydrogen) atoms. The lowest BCUT2D eigenvalue weighted by atomic mass is 10.2. The molecule has 0 saturated carbocycles. The van der Waals surface area contributed by atoms with Crippen LogP contribution in [0.25, 0.3) is 0 Å². The normalized spacial score (nSPS) is 10.7. The molecule has 3 rings (SSSR count). The van der Waals surface area contributed by atoms with E-state index in [1.54, 1.807) is 6.20 Å². The lowest BCUT2D eigenvalue weighted by Crippen LogP contribution is -2.32. The Labute approximate surface area is 148 Å². The second kappa shape index (κ2) is 7.75. The minimum atomic E-state index is 0.261. The standard InChI is InChI=1S/C20H23N5/c1-15(2)25(14-17-7-5-4-6-8-17)20-23-19(13-21-24-20)22-18-11-9-16(3)10-12-18/h4-13,15H,14H2,1-3H3,(H,22,23,24). The van der Waals surface area contributed by atoms with Gasteiger partial charge in [0.25, 0.3) is 0 Å². The van der Waals surface area contributed by atoms with Gasteiger partial charge in [0.15, 0.2) is 5.82 Å². The van der Waals surface area contributed by atoms with Crippen LogP contribution in [-0.4, -0.2) is 21.2 Å². The smallest absolute Gasteiger partial charge is 0.247 e. The molecule has 0 bridgehead atoms. The zero-order valence-corrected chi connectivity index (χ0v) is 14.8. The first kappa shape index (κ1) is 16.9. The molecule has 5 heteroatoms. The molecule has 128 valence electrons. The fourth-order valence-electron chi connectivity index (χ4n) is 2.53. The van der Waals surface area contributed by atoms with E-state index in [-0.39, 0.29) is 6.04 Å². The van der Waals surface area contributed by atoms with Gasteiger partial charge in [0, 0.05) is 18.3 Å². The van der Waals surface area contributed by atoms with Crippen molar-refractivity contribution in [3.8, 4) is 0 Å². The van der Waals surface area contributed by atoms with Gasteiger partial charge < -0.3 is 10.2 Å². The number of aryl methyl sites for hydroxylation is 1. The van der Waals surface area contributed by atoms with Crippen LogP contribution < -0.4 is 10.2 Å². The van der Waals surface area contributed by atoms with Gasteiger partial charge >= 0.3 is 0 Å². The molecule has 0 aliphatic heterocycles. The van der Waals surface area contributed by atoms with E-state index in [0.717, 1.165) is 12.2 Å². The van der Waals surface area contributed by atoms with Crippen molar-refractivity contribution in [2.75, 3.05) is 10.2 Å². The van der Waals surface area contributed by atoms with E-state index in [1.807, 2.05) is 30.3 Å². The van der Waals surface area contributed by atoms with Gasteiger partial charge in [-0.15, -0.1) is 5.10 Å². The lowest BCUT2D eigenvalue weighted by molar-refractivity contribution is 0.653. The molecule has 0 amide bonds. The van der Waals surface area contributed by atoms with Crippen LogP contribution in [0.4, 0.5) is 17.5 Å². The molecule has 5 nitrogen and oxygen atoms in total. The van der Waals surface area contributed by atoms with Gasteiger partial charge in [-0.05, 0) is 38.5 Å². The van der Waals surface area contributed by atoms with Crippen LogP contribution in [0.5, 0.6) is 0 Å². The number of nitrogens with zero attached hydrogens (tertiary/aromatic N) is 4. The van der Waals surface area contributed by atoms with Crippen molar-refractivity contribution in [3.05, 3.63) is 71.9 Å². The molecule has 1 N–H and O–H groups in total. The molecule has 1 heterocycles. The summed E-state index contributed by atoms with van der Waals surface area (Å²) < 4.78 is 0. The van der Waals surface area contributed by atoms with E-state index >= 15 is 0 Å². The van der Waals surface area contributed by atoms with Crippen LogP contribution >= 0.6 is 0 Å². The summed E-state index contributed by atoms with van der Waals surface area (Å²) in [6.45, 7) is 7.07. The maximum atomic E-state index is 4.65. The van der Waals surface area contributed by atoms with E-state index in [2.05, 4.69) is 70.4 Å². The lowest BCUT2D eigenvalue weighted by Gasteiger charge is -2.26. The van der Waals surface area contributed by atoms with E-state index in [9.17, 15) is 0 Å². The van der Waals surface area contributed by atoms with Gasteiger partial charge in [-0.25, -0.2) is 0 Å². The SMILES string of the molecule is Cc1ccc(Nc2cnnc(N(Cc3ccccc3)C(C)C)n2)cc1. The highest BCUT2D eigenvalue weighted by Gasteiger charge is 2.15. The summed E-state index contributed by atoms with van der Waals surface area (Å²) in [5.74, 6) is 1.31. The topological polar surface area (TPSA) is 53.9 Å². The maximum Gasteiger partial charge on any atom is 0.247 e. The summed E-state index contributed by atoms with van der Waals surface area (Å²) in [7, 11) is 0. The average molecular weight is 333 g/mol. The van der Waals surface area contributed by atoms with Crippen molar-refractivity contribution in [1.29, 1.82) is 0 Å². The fourth-order valence-corrected chi connectivity index (χ4v) is 2.53. The summed E-state index contributed by atoms with van der Waals surface area (Å²) in [4.78, 5) is 6.79. The molecular weight excluding hydrogens is 310 g/mol. The molecule has 0 spiro atoms. The third-order valence-corrected chi connectivity index (χ3v) is 3.95. The molecule has 0 unspecified atom stereocenters. The van der Waals surface area contributed by atoms with E-state index < -0.39 is 0 Å². The Balaban J connectivity index is 1.81. The van der Waals surface area contributed by atoms with Gasteiger partial charge in [-0.3, -0.25) is 0 Å². The van der Waals surface area contributed by atoms with Gasteiger partial charge in [0.2, 0.25) is 5.95 Å². The molecule has 2 aromatic carbocycles. The largest absolute Gasteiger partial charge is 0.339 e. The van der Waals surface area contributed by atoms with Gasteiger partial charge in [-0.1, -0.05) is 48.0 Å². The van der Waals surface area contributed by atoms with Crippen molar-refractivity contribution < 1.29 is 0 Å². The zero-order chi connectivity index (χ0) is 17.6. The summed E-state index contributed by atoms with van der Waals surface area (Å²) >= 11 is 0. The third kappa shape index (κ3) is 4.53. The first-order valence-electron chi connectivity index (χ1n) is 8.46. The molecule has 0 aliphatic rings. The van der Waals surface area contributed by atoms with Crippen LogP contribution in [0.1, 0.15) is 25.0 Å². The maximum absolute atomic E-state index is 4.65. The zero-order valence-electron chi connectivity index (χ0n) is 14.8. The second-order valence-corrected chi connectivity index (χ2v) is 6.34. The van der Waals surface area contributed by atoms with Gasteiger partial charge in [-0.2, -0.15) is 10.1 Å². The number of benzene rings is 2. The Kier molecular flexibility index (Phi) is 5.23. The number of hydrogen-bond donors (Lipinski definition) is 1. The minimum absolute atomic E-state index is 0.261. The predicted molar refractivity (Wildman–Crippen MR) is 102 cm³/mol. The number of anilines is 3. The van der Waals surface area contributed by atoms with Gasteiger partial charge in [0.05, 0.1) is 6.20 Å². The molecule has 0 fully saturated rings. The first-order chi connectivity index (χ1) is 12.1. The number of hydrogen-bond acceptors (Lipinski definition) is 5. The number of aromatic nitrogens is 3. The second-order valence-electron chi connectivity index (χ2n) is 6.34. The van der Waals surface area contributed by atoms with Crippen molar-refractivity contribution in [2.45, 2.75) is 33.4 Å². The molecule has 0 radical (unpaired) electrons. The van der Waals surface area contributed by atoms with E-state index in [1.165, 1.54) is 11.1 Å². The van der Waals surface area contributed by atoms with Gasteiger partial charge in [0.1, 0.15) is 0 Å². The molecule has 0 atom stereocenters. The van der Waals surface area contributed by atoms with Crippen molar-refractivity contribution >= 4 is 17.5 Å². The summed E-state index contributed by atoms with van der Waals surface area (Å²) in [5, 5.41) is 11.7. The number of rotatable bonds is 6. The highest BCUT2D eigenvalue weighted by atomic mass is 15.3. The van der Waals surface area contributed by atoms with Crippen molar-refractivity contribution in [1.82, 2.24) is 15.2 Å². The van der Waals surface area contributed by atoms with Crippen LogP contribution in [0.3, 0.4) is 0 Å². The summed E-state index contributed by atoms with van der Waals surface area (Å²) in [5.41, 5.74) is 3.42. The molecule has 0 saturated heterocycles. The highest BCUT2D eigenvalue weighted by molar-refractivity contribution is 5.56. The monoisotopic (exact) mass is 333 g/mol. The van der Waals surface area contributed by atoms with E-state index in [0.29, 0.717) is 11.8 Å². The minimum Gasteiger partial charge on any atom is -0.339 e. The Morgan fingerprint density at radius 3 is 2.40 bits per heavy atom. The van der Waals surface area contributed by atoms with E-state index in [4.69, 9.17) is 0 Å². The van der Waals surface area contributed by atoms with Crippen LogP contribution in [0.2, 0.25) is 0 Å². The quantitative estimate of drug-likeness (QED) is 0.727. The Hall–Kier alpha value is -2.95. The molecule has 0 aliphatic carbocycles. The Morgan fingerprint density at radius 2 is 1.72 bits per heavy atom. The van der Waals surface area contributed by atoms with Crippen LogP contribution in [-0.2, 0) is 6.54 Å². The van der Waals surface area contributed by atoms with Crippen molar-refractivity contribution in [2.24, 2.45) is 0 Å². The molecular formula is C20H23N5. The molecule has 1 aromatic heterocycles. The third-order valence-electron chi connectivity index (χ3n) is 3.95. The van der Waals surface area contributed by atoms with Crippen LogP contribution in [0.15, 0.2) is 60.8 Å². The number of nitrogens with one attached hydrogen (secondary N) is 1. The predicted octanol–water partition coefficient (Wildman–Crippen LogP) is 4.34.